The first kappa shape index (κ1) is 13.7. The van der Waals surface area contributed by atoms with Crippen LogP contribution in [0.25, 0.3) is 0 Å². The number of carbonyl (C=O) groups excluding carboxylic acids is 1. The Bertz CT molecular complexity index is 488. The van der Waals surface area contributed by atoms with Gasteiger partial charge in [-0.1, -0.05) is 24.3 Å². The summed E-state index contributed by atoms with van der Waals surface area (Å²) in [5, 5.41) is 0. The van der Waals surface area contributed by atoms with E-state index >= 15 is 0 Å². The lowest BCUT2D eigenvalue weighted by molar-refractivity contribution is 0.0568. The van der Waals surface area contributed by atoms with Crippen LogP contribution < -0.4 is 4.90 Å². The van der Waals surface area contributed by atoms with Gasteiger partial charge in [-0.2, -0.15) is 0 Å². The van der Waals surface area contributed by atoms with Gasteiger partial charge in [0.25, 0.3) is 0 Å². The number of amides is 1. The molecule has 1 aromatic carbocycles. The summed E-state index contributed by atoms with van der Waals surface area (Å²) < 4.78 is 5.51. The van der Waals surface area contributed by atoms with Crippen LogP contribution in [0.1, 0.15) is 32.8 Å². The van der Waals surface area contributed by atoms with Crippen LogP contribution in [-0.2, 0) is 11.2 Å². The average molecular weight is 259 g/mol. The minimum absolute atomic E-state index is 0.00440. The second-order valence-electron chi connectivity index (χ2n) is 5.82. The lowest BCUT2D eigenvalue weighted by atomic mass is 9.96. The first-order valence-electron chi connectivity index (χ1n) is 6.65. The smallest absolute Gasteiger partial charge is 0.415 e. The van der Waals surface area contributed by atoms with Gasteiger partial charge in [0.15, 0.2) is 0 Å². The molecule has 1 heterocycles. The van der Waals surface area contributed by atoms with Gasteiger partial charge >= 0.3 is 6.09 Å². The van der Waals surface area contributed by atoms with Crippen LogP contribution in [0.4, 0.5) is 10.5 Å². The highest BCUT2D eigenvalue weighted by Gasteiger charge is 2.32. The zero-order valence-electron chi connectivity index (χ0n) is 11.8. The third kappa shape index (κ3) is 2.98. The van der Waals surface area contributed by atoms with E-state index in [1.807, 2.05) is 45.0 Å². The monoisotopic (exact) mass is 259 g/mol. The van der Waals surface area contributed by atoms with E-state index in [2.05, 4.69) is 12.6 Å². The van der Waals surface area contributed by atoms with Crippen molar-refractivity contribution < 1.29 is 9.53 Å². The number of aryl methyl sites for hydroxylation is 1. The molecule has 102 valence electrons. The first-order valence-corrected chi connectivity index (χ1v) is 6.65. The van der Waals surface area contributed by atoms with E-state index in [-0.39, 0.29) is 12.1 Å². The molecule has 0 saturated carbocycles. The Kier molecular flexibility index (Phi) is 3.65. The van der Waals surface area contributed by atoms with Crippen molar-refractivity contribution in [1.82, 2.24) is 0 Å². The maximum absolute atomic E-state index is 12.4. The minimum atomic E-state index is -0.491. The summed E-state index contributed by atoms with van der Waals surface area (Å²) in [7, 11) is 0. The third-order valence-electron chi connectivity index (χ3n) is 3.15. The molecule has 0 aromatic heterocycles. The largest absolute Gasteiger partial charge is 0.443 e. The van der Waals surface area contributed by atoms with Gasteiger partial charge in [0.1, 0.15) is 5.60 Å². The van der Waals surface area contributed by atoms with E-state index in [0.717, 1.165) is 18.5 Å². The molecule has 0 saturated heterocycles. The highest BCUT2D eigenvalue weighted by molar-refractivity contribution is 5.90. The highest BCUT2D eigenvalue weighted by atomic mass is 16.6. The number of nitrogens with zero attached hydrogens (tertiary/aromatic N) is 1. The number of para-hydroxylation sites is 1. The van der Waals surface area contributed by atoms with E-state index in [1.54, 1.807) is 4.90 Å². The molecule has 0 bridgehead atoms. The van der Waals surface area contributed by atoms with Crippen molar-refractivity contribution in [2.24, 2.45) is 0 Å². The van der Waals surface area contributed by atoms with E-state index < -0.39 is 5.60 Å². The molecule has 0 unspecified atom stereocenters. The maximum atomic E-state index is 12.4. The van der Waals surface area contributed by atoms with Crippen molar-refractivity contribution in [2.45, 2.75) is 45.3 Å². The van der Waals surface area contributed by atoms with E-state index in [9.17, 15) is 4.79 Å². The fourth-order valence-electron chi connectivity index (χ4n) is 2.34. The fourth-order valence-corrected chi connectivity index (χ4v) is 2.34. The van der Waals surface area contributed by atoms with Crippen molar-refractivity contribution >= 4 is 11.8 Å². The molecule has 1 aromatic rings. The fraction of sp³-hybridized carbons (Fsp3) is 0.438. The lowest BCUT2D eigenvalue weighted by Gasteiger charge is -2.36. The Hall–Kier alpha value is -1.77. The number of rotatable bonds is 1. The molecule has 1 aliphatic heterocycles. The standard InChI is InChI=1S/C16H21NO2/c1-5-13-11-10-12-8-6-7-9-14(12)17(13)15(18)19-16(2,3)4/h5-9,13H,1,10-11H2,2-4H3/t13-/m1/s1. The molecule has 1 aliphatic rings. The average Bonchev–Trinajstić information content (AvgIpc) is 2.35. The number of hydrogen-bond acceptors (Lipinski definition) is 2. The number of hydrogen-bond donors (Lipinski definition) is 0. The number of anilines is 1. The second kappa shape index (κ2) is 5.08. The molecular weight excluding hydrogens is 238 g/mol. The normalized spacial score (nSPS) is 18.7. The Morgan fingerprint density at radius 3 is 2.74 bits per heavy atom. The van der Waals surface area contributed by atoms with Crippen LogP contribution >= 0.6 is 0 Å². The molecule has 3 nitrogen and oxygen atoms in total. The van der Waals surface area contributed by atoms with Crippen molar-refractivity contribution in [3.63, 3.8) is 0 Å². The predicted molar refractivity (Wildman–Crippen MR) is 77.5 cm³/mol. The maximum Gasteiger partial charge on any atom is 0.415 e. The van der Waals surface area contributed by atoms with Crippen LogP contribution in [0.2, 0.25) is 0 Å². The Labute approximate surface area is 114 Å². The van der Waals surface area contributed by atoms with Crippen molar-refractivity contribution in [3.05, 3.63) is 42.5 Å². The molecule has 0 radical (unpaired) electrons. The van der Waals surface area contributed by atoms with Crippen LogP contribution in [0.5, 0.6) is 0 Å². The number of fused-ring (bicyclic) bond motifs is 1. The lowest BCUT2D eigenvalue weighted by Crippen LogP contribution is -2.45. The molecule has 2 rings (SSSR count). The van der Waals surface area contributed by atoms with Crippen LogP contribution in [0.15, 0.2) is 36.9 Å². The first-order chi connectivity index (χ1) is 8.92. The Morgan fingerprint density at radius 2 is 2.11 bits per heavy atom. The molecule has 1 atom stereocenters. The van der Waals surface area contributed by atoms with Gasteiger partial charge in [-0.25, -0.2) is 4.79 Å². The second-order valence-corrected chi connectivity index (χ2v) is 5.82. The topological polar surface area (TPSA) is 29.5 Å². The molecular formula is C16H21NO2. The summed E-state index contributed by atoms with van der Waals surface area (Å²) in [6.07, 6.45) is 3.37. The Morgan fingerprint density at radius 1 is 1.42 bits per heavy atom. The van der Waals surface area contributed by atoms with E-state index in [1.165, 1.54) is 5.56 Å². The molecule has 1 amide bonds. The molecule has 0 fully saturated rings. The van der Waals surface area contributed by atoms with Gasteiger partial charge in [0.05, 0.1) is 11.7 Å². The third-order valence-corrected chi connectivity index (χ3v) is 3.15. The number of benzene rings is 1. The molecule has 3 heteroatoms. The van der Waals surface area contributed by atoms with Crippen molar-refractivity contribution in [1.29, 1.82) is 0 Å². The van der Waals surface area contributed by atoms with Gasteiger partial charge in [-0.3, -0.25) is 4.90 Å². The molecule has 0 spiro atoms. The summed E-state index contributed by atoms with van der Waals surface area (Å²) >= 11 is 0. The van der Waals surface area contributed by atoms with Gasteiger partial charge < -0.3 is 4.74 Å². The molecule has 19 heavy (non-hydrogen) atoms. The summed E-state index contributed by atoms with van der Waals surface area (Å²) in [6.45, 7) is 9.47. The quantitative estimate of drug-likeness (QED) is 0.715. The summed E-state index contributed by atoms with van der Waals surface area (Å²) in [5.41, 5.74) is 1.63. The molecule has 0 N–H and O–H groups in total. The van der Waals surface area contributed by atoms with Gasteiger partial charge in [-0.05, 0) is 45.2 Å². The van der Waals surface area contributed by atoms with E-state index in [0.29, 0.717) is 0 Å². The summed E-state index contributed by atoms with van der Waals surface area (Å²) in [6, 6.07) is 7.98. The minimum Gasteiger partial charge on any atom is -0.443 e. The van der Waals surface area contributed by atoms with Crippen LogP contribution in [0.3, 0.4) is 0 Å². The number of carbonyl (C=O) groups is 1. The van der Waals surface area contributed by atoms with Crippen LogP contribution in [0, 0.1) is 0 Å². The highest BCUT2D eigenvalue weighted by Crippen LogP contribution is 2.32. The van der Waals surface area contributed by atoms with Crippen LogP contribution in [-0.4, -0.2) is 17.7 Å². The zero-order valence-corrected chi connectivity index (χ0v) is 11.8. The summed E-state index contributed by atoms with van der Waals surface area (Å²) in [4.78, 5) is 14.1. The predicted octanol–water partition coefficient (Wildman–Crippen LogP) is 3.93. The Balaban J connectivity index is 2.34. The van der Waals surface area contributed by atoms with Gasteiger partial charge in [0, 0.05) is 0 Å². The van der Waals surface area contributed by atoms with Gasteiger partial charge in [0.2, 0.25) is 0 Å². The number of ether oxygens (including phenoxy) is 1. The SMILES string of the molecule is C=C[C@@H]1CCc2ccccc2N1C(=O)OC(C)(C)C. The molecule has 0 aliphatic carbocycles. The van der Waals surface area contributed by atoms with Crippen molar-refractivity contribution in [2.75, 3.05) is 4.90 Å². The summed E-state index contributed by atoms with van der Waals surface area (Å²) in [5.74, 6) is 0. The van der Waals surface area contributed by atoms with E-state index in [4.69, 9.17) is 4.74 Å². The van der Waals surface area contributed by atoms with Crippen molar-refractivity contribution in [3.8, 4) is 0 Å². The van der Waals surface area contributed by atoms with Gasteiger partial charge in [-0.15, -0.1) is 6.58 Å². The zero-order chi connectivity index (χ0) is 14.0.